The van der Waals surface area contributed by atoms with Crippen molar-refractivity contribution in [1.29, 1.82) is 0 Å². The first-order valence-corrected chi connectivity index (χ1v) is 6.00. The van der Waals surface area contributed by atoms with E-state index in [2.05, 4.69) is 20.4 Å². The summed E-state index contributed by atoms with van der Waals surface area (Å²) < 4.78 is 12.9. The lowest BCUT2D eigenvalue weighted by atomic mass is 10.0. The van der Waals surface area contributed by atoms with Crippen LogP contribution in [0.1, 0.15) is 31.0 Å². The van der Waals surface area contributed by atoms with Gasteiger partial charge in [0.05, 0.1) is 6.20 Å². The molecule has 2 aromatic rings. The first-order chi connectivity index (χ1) is 9.02. The number of hydrogen-bond acceptors (Lipinski definition) is 5. The van der Waals surface area contributed by atoms with E-state index in [0.29, 0.717) is 17.3 Å². The van der Waals surface area contributed by atoms with Crippen molar-refractivity contribution in [3.8, 4) is 11.5 Å². The number of nitrogens with zero attached hydrogens (tertiary/aromatic N) is 3. The summed E-state index contributed by atoms with van der Waals surface area (Å²) in [5.74, 6) is 6.37. The van der Waals surface area contributed by atoms with E-state index in [4.69, 9.17) is 5.84 Å². The smallest absolute Gasteiger partial charge is 0.180 e. The van der Waals surface area contributed by atoms with Gasteiger partial charge in [-0.25, -0.2) is 25.2 Å². The predicted octanol–water partition coefficient (Wildman–Crippen LogP) is 2.40. The van der Waals surface area contributed by atoms with Crippen LogP contribution in [0, 0.1) is 12.7 Å². The molecular weight excluding hydrogens is 245 g/mol. The Hall–Kier alpha value is -2.08. The number of aryl methyl sites for hydroxylation is 1. The van der Waals surface area contributed by atoms with Crippen LogP contribution in [0.3, 0.4) is 0 Å². The molecule has 100 valence electrons. The van der Waals surface area contributed by atoms with Crippen molar-refractivity contribution in [2.45, 2.75) is 26.7 Å². The average molecular weight is 261 g/mol. The normalized spacial score (nSPS) is 10.8. The van der Waals surface area contributed by atoms with Gasteiger partial charge in [-0.05, 0) is 25.0 Å². The minimum absolute atomic E-state index is 0.251. The molecule has 0 atom stereocenters. The highest BCUT2D eigenvalue weighted by Crippen LogP contribution is 2.26. The summed E-state index contributed by atoms with van der Waals surface area (Å²) >= 11 is 0. The molecule has 3 N–H and O–H groups in total. The van der Waals surface area contributed by atoms with Crippen molar-refractivity contribution in [2.24, 2.45) is 5.84 Å². The van der Waals surface area contributed by atoms with Gasteiger partial charge in [0, 0.05) is 11.3 Å². The average Bonchev–Trinajstić information content (AvgIpc) is 2.38. The molecule has 2 aromatic heterocycles. The van der Waals surface area contributed by atoms with Crippen molar-refractivity contribution in [3.63, 3.8) is 0 Å². The van der Waals surface area contributed by atoms with Crippen LogP contribution in [0.15, 0.2) is 18.3 Å². The third kappa shape index (κ3) is 2.68. The number of nitrogens with one attached hydrogen (secondary N) is 1. The quantitative estimate of drug-likeness (QED) is 0.655. The molecule has 2 rings (SSSR count). The Morgan fingerprint density at radius 3 is 2.53 bits per heavy atom. The van der Waals surface area contributed by atoms with Gasteiger partial charge in [-0.15, -0.1) is 0 Å². The molecule has 0 aliphatic rings. The first-order valence-electron chi connectivity index (χ1n) is 6.00. The highest BCUT2D eigenvalue weighted by molar-refractivity contribution is 5.56. The number of pyridine rings is 1. The molecule has 6 heteroatoms. The van der Waals surface area contributed by atoms with Crippen LogP contribution >= 0.6 is 0 Å². The Kier molecular flexibility index (Phi) is 3.71. The summed E-state index contributed by atoms with van der Waals surface area (Å²) in [6.45, 7) is 5.98. The van der Waals surface area contributed by atoms with E-state index in [-0.39, 0.29) is 5.92 Å². The highest BCUT2D eigenvalue weighted by atomic mass is 19.1. The van der Waals surface area contributed by atoms with Gasteiger partial charge in [0.1, 0.15) is 17.3 Å². The van der Waals surface area contributed by atoms with Gasteiger partial charge < -0.3 is 5.43 Å². The van der Waals surface area contributed by atoms with E-state index in [1.165, 1.54) is 6.07 Å². The third-order valence-electron chi connectivity index (χ3n) is 2.81. The summed E-state index contributed by atoms with van der Waals surface area (Å²) in [4.78, 5) is 12.7. The van der Waals surface area contributed by atoms with Crippen LogP contribution in [-0.4, -0.2) is 15.0 Å². The van der Waals surface area contributed by atoms with Gasteiger partial charge in [-0.1, -0.05) is 13.8 Å². The van der Waals surface area contributed by atoms with Crippen molar-refractivity contribution < 1.29 is 4.39 Å². The van der Waals surface area contributed by atoms with E-state index >= 15 is 0 Å². The van der Waals surface area contributed by atoms with Gasteiger partial charge in [0.25, 0.3) is 0 Å². The second-order valence-corrected chi connectivity index (χ2v) is 4.56. The van der Waals surface area contributed by atoms with Crippen molar-refractivity contribution in [2.75, 3.05) is 5.43 Å². The molecule has 0 saturated heterocycles. The molecule has 2 heterocycles. The van der Waals surface area contributed by atoms with Crippen LogP contribution < -0.4 is 11.3 Å². The fourth-order valence-electron chi connectivity index (χ4n) is 2.01. The lowest BCUT2D eigenvalue weighted by molar-refractivity contribution is 0.621. The molecule has 0 saturated carbocycles. The largest absolute Gasteiger partial charge is 0.308 e. The van der Waals surface area contributed by atoms with Crippen molar-refractivity contribution in [1.82, 2.24) is 15.0 Å². The number of aromatic nitrogens is 3. The Balaban J connectivity index is 2.54. The predicted molar refractivity (Wildman–Crippen MR) is 71.9 cm³/mol. The van der Waals surface area contributed by atoms with Gasteiger partial charge >= 0.3 is 0 Å². The summed E-state index contributed by atoms with van der Waals surface area (Å²) in [5, 5.41) is 0. The second kappa shape index (κ2) is 5.27. The van der Waals surface area contributed by atoms with Gasteiger partial charge in [-0.2, -0.15) is 0 Å². The molecule has 0 aliphatic heterocycles. The Bertz CT molecular complexity index is 580. The minimum atomic E-state index is -0.392. The van der Waals surface area contributed by atoms with Gasteiger partial charge in [0.15, 0.2) is 5.82 Å². The second-order valence-electron chi connectivity index (χ2n) is 4.56. The number of hydrazine groups is 1. The molecule has 5 nitrogen and oxygen atoms in total. The first kappa shape index (κ1) is 13.4. The molecule has 19 heavy (non-hydrogen) atoms. The maximum Gasteiger partial charge on any atom is 0.180 e. The molecule has 0 spiro atoms. The summed E-state index contributed by atoms with van der Waals surface area (Å²) in [7, 11) is 0. The lowest BCUT2D eigenvalue weighted by Crippen LogP contribution is -2.14. The number of hydrogen-bond donors (Lipinski definition) is 2. The summed E-state index contributed by atoms with van der Waals surface area (Å²) in [6, 6.07) is 2.87. The molecule has 0 amide bonds. The van der Waals surface area contributed by atoms with Crippen molar-refractivity contribution >= 4 is 5.82 Å². The number of halogens is 1. The minimum Gasteiger partial charge on any atom is -0.308 e. The number of anilines is 1. The van der Waals surface area contributed by atoms with Crippen LogP contribution in [0.4, 0.5) is 10.2 Å². The van der Waals surface area contributed by atoms with E-state index in [1.807, 2.05) is 20.8 Å². The van der Waals surface area contributed by atoms with Crippen LogP contribution in [0.2, 0.25) is 0 Å². The zero-order valence-electron chi connectivity index (χ0n) is 11.1. The molecule has 0 bridgehead atoms. The Morgan fingerprint density at radius 2 is 2.00 bits per heavy atom. The fraction of sp³-hybridized carbons (Fsp3) is 0.308. The maximum absolute atomic E-state index is 12.9. The lowest BCUT2D eigenvalue weighted by Gasteiger charge is -2.15. The molecule has 0 unspecified atom stereocenters. The SMILES string of the molecule is Cc1nc(-c2ccc(F)cn2)nc(NN)c1C(C)C. The third-order valence-corrected chi connectivity index (χ3v) is 2.81. The van der Waals surface area contributed by atoms with Gasteiger partial charge in [-0.3, -0.25) is 0 Å². The van der Waals surface area contributed by atoms with Crippen LogP contribution in [0.5, 0.6) is 0 Å². The number of nitrogen functional groups attached to an aromatic ring is 1. The van der Waals surface area contributed by atoms with Gasteiger partial charge in [0.2, 0.25) is 0 Å². The molecule has 0 aliphatic carbocycles. The number of nitrogens with two attached hydrogens (primary N) is 1. The Morgan fingerprint density at radius 1 is 1.26 bits per heavy atom. The fourth-order valence-corrected chi connectivity index (χ4v) is 2.01. The Labute approximate surface area is 111 Å². The zero-order valence-corrected chi connectivity index (χ0v) is 11.1. The van der Waals surface area contributed by atoms with E-state index < -0.39 is 5.82 Å². The molecule has 0 fully saturated rings. The van der Waals surface area contributed by atoms with Crippen molar-refractivity contribution in [3.05, 3.63) is 35.4 Å². The van der Waals surface area contributed by atoms with E-state index in [0.717, 1.165) is 17.5 Å². The van der Waals surface area contributed by atoms with E-state index in [9.17, 15) is 4.39 Å². The van der Waals surface area contributed by atoms with Crippen LogP contribution in [0.25, 0.3) is 11.5 Å². The van der Waals surface area contributed by atoms with E-state index in [1.54, 1.807) is 6.07 Å². The monoisotopic (exact) mass is 261 g/mol. The maximum atomic E-state index is 12.9. The number of rotatable bonds is 3. The molecule has 0 radical (unpaired) electrons. The van der Waals surface area contributed by atoms with Crippen LogP contribution in [-0.2, 0) is 0 Å². The standard InChI is InChI=1S/C13H16FN5/c1-7(2)11-8(3)17-12(18-13(11)19-15)10-5-4-9(14)6-16-10/h4-7H,15H2,1-3H3,(H,17,18,19). The summed E-state index contributed by atoms with van der Waals surface area (Å²) in [6.07, 6.45) is 1.14. The zero-order chi connectivity index (χ0) is 14.0. The molecule has 0 aromatic carbocycles. The topological polar surface area (TPSA) is 76.7 Å². The molecular formula is C13H16FN5. The summed E-state index contributed by atoms with van der Waals surface area (Å²) in [5.41, 5.74) is 4.90. The highest BCUT2D eigenvalue weighted by Gasteiger charge is 2.15.